The molecule has 1 fully saturated rings. The van der Waals surface area contributed by atoms with Crippen LogP contribution in [0.2, 0.25) is 0 Å². The largest absolute Gasteiger partial charge is 0.352 e. The van der Waals surface area contributed by atoms with Gasteiger partial charge in [-0.25, -0.2) is 17.6 Å². The van der Waals surface area contributed by atoms with Gasteiger partial charge in [-0.1, -0.05) is 12.1 Å². The van der Waals surface area contributed by atoms with Crippen molar-refractivity contribution in [3.63, 3.8) is 0 Å². The Labute approximate surface area is 146 Å². The summed E-state index contributed by atoms with van der Waals surface area (Å²) in [6, 6.07) is 7.21. The zero-order valence-corrected chi connectivity index (χ0v) is 13.4. The molecule has 1 saturated carbocycles. The Morgan fingerprint density at radius 1 is 0.885 bits per heavy atom. The Morgan fingerprint density at radius 3 is 2.23 bits per heavy atom. The van der Waals surface area contributed by atoms with Crippen LogP contribution in [0.5, 0.6) is 0 Å². The van der Waals surface area contributed by atoms with Crippen molar-refractivity contribution in [3.8, 4) is 0 Å². The second-order valence-electron chi connectivity index (χ2n) is 6.01. The van der Waals surface area contributed by atoms with Crippen LogP contribution in [0.4, 0.5) is 23.2 Å². The van der Waals surface area contributed by atoms with E-state index in [-0.39, 0.29) is 24.7 Å². The second-order valence-corrected chi connectivity index (χ2v) is 6.01. The third-order valence-electron chi connectivity index (χ3n) is 4.14. The normalized spacial score (nSPS) is 18.3. The van der Waals surface area contributed by atoms with Gasteiger partial charge in [0.2, 0.25) is 11.8 Å². The number of nitrogens with one attached hydrogen (secondary N) is 2. The van der Waals surface area contributed by atoms with E-state index in [0.717, 1.165) is 6.07 Å². The molecule has 0 radical (unpaired) electrons. The van der Waals surface area contributed by atoms with Gasteiger partial charge in [-0.3, -0.25) is 9.59 Å². The maximum atomic E-state index is 13.6. The van der Waals surface area contributed by atoms with Gasteiger partial charge in [-0.05, 0) is 36.2 Å². The lowest BCUT2D eigenvalue weighted by atomic mass is 10.2. The molecule has 2 aromatic carbocycles. The number of benzene rings is 2. The molecule has 0 saturated heterocycles. The fourth-order valence-electron chi connectivity index (χ4n) is 2.54. The fraction of sp³-hybridized carbons (Fsp3) is 0.222. The molecule has 2 aromatic rings. The van der Waals surface area contributed by atoms with Crippen LogP contribution in [-0.2, 0) is 16.1 Å². The first-order valence-electron chi connectivity index (χ1n) is 7.83. The first-order chi connectivity index (χ1) is 12.4. The molecule has 2 unspecified atom stereocenters. The van der Waals surface area contributed by atoms with Crippen molar-refractivity contribution in [2.75, 3.05) is 5.32 Å². The average Bonchev–Trinajstić information content (AvgIpc) is 3.42. The minimum atomic E-state index is -1.67. The molecular formula is C18H14F4N2O2. The van der Waals surface area contributed by atoms with Crippen molar-refractivity contribution >= 4 is 17.5 Å². The lowest BCUT2D eigenvalue weighted by Gasteiger charge is -2.08. The predicted octanol–water partition coefficient (Wildman–Crippen LogP) is 3.13. The zero-order chi connectivity index (χ0) is 18.8. The van der Waals surface area contributed by atoms with Crippen LogP contribution in [0.25, 0.3) is 0 Å². The van der Waals surface area contributed by atoms with Gasteiger partial charge < -0.3 is 10.6 Å². The quantitative estimate of drug-likeness (QED) is 0.631. The molecule has 2 N–H and O–H groups in total. The number of carbonyl (C=O) groups excluding carboxylic acids is 2. The number of amides is 2. The Kier molecular flexibility index (Phi) is 4.92. The SMILES string of the molecule is O=C(NCc1ccc(F)cc1)C1CC1C(=O)Nc1ccc(F)c(F)c1F. The number of hydrogen-bond acceptors (Lipinski definition) is 2. The van der Waals surface area contributed by atoms with E-state index in [1.165, 1.54) is 24.3 Å². The molecule has 0 aromatic heterocycles. The average molecular weight is 366 g/mol. The lowest BCUT2D eigenvalue weighted by Crippen LogP contribution is -2.27. The molecule has 2 amide bonds. The summed E-state index contributed by atoms with van der Waals surface area (Å²) in [4.78, 5) is 24.1. The highest BCUT2D eigenvalue weighted by Crippen LogP contribution is 2.39. The molecule has 4 nitrogen and oxygen atoms in total. The highest BCUT2D eigenvalue weighted by atomic mass is 19.2. The van der Waals surface area contributed by atoms with Gasteiger partial charge in [0.15, 0.2) is 17.5 Å². The third kappa shape index (κ3) is 3.84. The molecular weight excluding hydrogens is 352 g/mol. The smallest absolute Gasteiger partial charge is 0.228 e. The van der Waals surface area contributed by atoms with Gasteiger partial charge >= 0.3 is 0 Å². The molecule has 0 spiro atoms. The van der Waals surface area contributed by atoms with Crippen molar-refractivity contribution < 1.29 is 27.2 Å². The summed E-state index contributed by atoms with van der Waals surface area (Å²) in [5.74, 6) is -7.16. The first-order valence-corrected chi connectivity index (χ1v) is 7.83. The Balaban J connectivity index is 1.53. The van der Waals surface area contributed by atoms with Crippen molar-refractivity contribution in [3.05, 3.63) is 65.2 Å². The monoisotopic (exact) mass is 366 g/mol. The van der Waals surface area contributed by atoms with Gasteiger partial charge in [0.25, 0.3) is 0 Å². The van der Waals surface area contributed by atoms with Crippen LogP contribution >= 0.6 is 0 Å². The summed E-state index contributed by atoms with van der Waals surface area (Å²) in [7, 11) is 0. The molecule has 8 heteroatoms. The number of carbonyl (C=O) groups is 2. The summed E-state index contributed by atoms with van der Waals surface area (Å²) in [6.07, 6.45) is 0.270. The van der Waals surface area contributed by atoms with Crippen LogP contribution in [0.3, 0.4) is 0 Å². The summed E-state index contributed by atoms with van der Waals surface area (Å²) in [5, 5.41) is 4.79. The van der Waals surface area contributed by atoms with E-state index in [9.17, 15) is 27.2 Å². The Hall–Kier alpha value is -2.90. The minimum absolute atomic E-state index is 0.182. The van der Waals surface area contributed by atoms with Gasteiger partial charge in [0, 0.05) is 6.54 Å². The molecule has 2 atom stereocenters. The van der Waals surface area contributed by atoms with Crippen LogP contribution < -0.4 is 10.6 Å². The summed E-state index contributed by atoms with van der Waals surface area (Å²) >= 11 is 0. The van der Waals surface area contributed by atoms with Gasteiger partial charge in [-0.2, -0.15) is 0 Å². The molecule has 1 aliphatic rings. The van der Waals surface area contributed by atoms with Gasteiger partial charge in [0.1, 0.15) is 5.82 Å². The third-order valence-corrected chi connectivity index (χ3v) is 4.14. The summed E-state index contributed by atoms with van der Waals surface area (Å²) in [5.41, 5.74) is 0.219. The van der Waals surface area contributed by atoms with Gasteiger partial charge in [-0.15, -0.1) is 0 Å². The van der Waals surface area contributed by atoms with E-state index < -0.39 is 40.9 Å². The Morgan fingerprint density at radius 2 is 1.54 bits per heavy atom. The molecule has 3 rings (SSSR count). The van der Waals surface area contributed by atoms with E-state index in [0.29, 0.717) is 11.6 Å². The maximum absolute atomic E-state index is 13.6. The second kappa shape index (κ2) is 7.15. The van der Waals surface area contributed by atoms with Gasteiger partial charge in [0.05, 0.1) is 17.5 Å². The van der Waals surface area contributed by atoms with Crippen molar-refractivity contribution in [1.29, 1.82) is 0 Å². The van der Waals surface area contributed by atoms with Crippen LogP contribution in [0.15, 0.2) is 36.4 Å². The molecule has 1 aliphatic carbocycles. The number of rotatable bonds is 5. The molecule has 26 heavy (non-hydrogen) atoms. The number of halogens is 4. The topological polar surface area (TPSA) is 58.2 Å². The van der Waals surface area contributed by atoms with E-state index in [1.807, 2.05) is 0 Å². The maximum Gasteiger partial charge on any atom is 0.228 e. The van der Waals surface area contributed by atoms with Crippen molar-refractivity contribution in [2.45, 2.75) is 13.0 Å². The molecule has 0 heterocycles. The highest BCUT2D eigenvalue weighted by molar-refractivity contribution is 5.99. The highest BCUT2D eigenvalue weighted by Gasteiger charge is 2.48. The fourth-order valence-corrected chi connectivity index (χ4v) is 2.54. The first kappa shape index (κ1) is 17.9. The molecule has 0 bridgehead atoms. The van der Waals surface area contributed by atoms with Crippen molar-refractivity contribution in [1.82, 2.24) is 5.32 Å². The summed E-state index contributed by atoms with van der Waals surface area (Å²) in [6.45, 7) is 0.182. The van der Waals surface area contributed by atoms with Crippen LogP contribution in [0, 0.1) is 35.1 Å². The standard InChI is InChI=1S/C18H14F4N2O2/c19-10-3-1-9(2-4-10)8-23-17(25)11-7-12(11)18(26)24-14-6-5-13(20)15(21)16(14)22/h1-6,11-12H,7-8H2,(H,23,25)(H,24,26). The predicted molar refractivity (Wildman–Crippen MR) is 84.8 cm³/mol. The zero-order valence-electron chi connectivity index (χ0n) is 13.4. The van der Waals surface area contributed by atoms with E-state index in [2.05, 4.69) is 10.6 Å². The Bertz CT molecular complexity index is 855. The molecule has 136 valence electrons. The van der Waals surface area contributed by atoms with E-state index in [4.69, 9.17) is 0 Å². The van der Waals surface area contributed by atoms with Crippen LogP contribution in [-0.4, -0.2) is 11.8 Å². The minimum Gasteiger partial charge on any atom is -0.352 e. The van der Waals surface area contributed by atoms with Crippen molar-refractivity contribution in [2.24, 2.45) is 11.8 Å². The lowest BCUT2D eigenvalue weighted by molar-refractivity contribution is -0.125. The number of anilines is 1. The van der Waals surface area contributed by atoms with E-state index >= 15 is 0 Å². The van der Waals surface area contributed by atoms with E-state index in [1.54, 1.807) is 0 Å². The summed E-state index contributed by atoms with van der Waals surface area (Å²) < 4.78 is 52.4. The number of hydrogen-bond donors (Lipinski definition) is 2. The van der Waals surface area contributed by atoms with Crippen LogP contribution in [0.1, 0.15) is 12.0 Å². The molecule has 0 aliphatic heterocycles.